The maximum Gasteiger partial charge on any atom is 0.160 e. The number of hydrogen-bond donors (Lipinski definition) is 0. The smallest absolute Gasteiger partial charge is 0.160 e. The molecule has 0 unspecified atom stereocenters. The van der Waals surface area contributed by atoms with Crippen LogP contribution in [0.15, 0.2) is 211 Å². The molecule has 0 spiro atoms. The van der Waals surface area contributed by atoms with E-state index in [2.05, 4.69) is 168 Å². The van der Waals surface area contributed by atoms with Crippen LogP contribution in [0.3, 0.4) is 0 Å². The zero-order chi connectivity index (χ0) is 38.4. The predicted molar refractivity (Wildman–Crippen MR) is 237 cm³/mol. The summed E-state index contributed by atoms with van der Waals surface area (Å²) in [6, 6.07) is 71.4. The lowest BCUT2D eigenvalue weighted by Crippen LogP contribution is -1.98. The number of imidazole rings is 1. The van der Waals surface area contributed by atoms with Crippen molar-refractivity contribution in [1.82, 2.24) is 19.5 Å². The quantitative estimate of drug-likeness (QED) is 0.163. The number of aromatic nitrogens is 4. The third-order valence-corrected chi connectivity index (χ3v) is 10.8. The first-order valence-corrected chi connectivity index (χ1v) is 19.4. The first-order chi connectivity index (χ1) is 28.7. The van der Waals surface area contributed by atoms with E-state index in [1.54, 1.807) is 0 Å². The van der Waals surface area contributed by atoms with E-state index in [-0.39, 0.29) is 0 Å². The molecule has 0 amide bonds. The summed E-state index contributed by atoms with van der Waals surface area (Å²) in [6.45, 7) is 0. The van der Waals surface area contributed by atoms with Crippen molar-refractivity contribution in [2.75, 3.05) is 0 Å². The van der Waals surface area contributed by atoms with Gasteiger partial charge >= 0.3 is 0 Å². The molecule has 58 heavy (non-hydrogen) atoms. The average Bonchev–Trinajstić information content (AvgIpc) is 3.89. The highest BCUT2D eigenvalue weighted by Crippen LogP contribution is 2.40. The van der Waals surface area contributed by atoms with E-state index in [1.807, 2.05) is 42.5 Å². The molecule has 0 saturated carbocycles. The molecule has 0 saturated heterocycles. The summed E-state index contributed by atoms with van der Waals surface area (Å²) < 4.78 is 8.77. The van der Waals surface area contributed by atoms with Gasteiger partial charge in [0, 0.05) is 44.3 Å². The molecule has 11 rings (SSSR count). The van der Waals surface area contributed by atoms with Crippen LogP contribution in [0.2, 0.25) is 0 Å². The van der Waals surface area contributed by atoms with Crippen molar-refractivity contribution in [3.05, 3.63) is 206 Å². The van der Waals surface area contributed by atoms with Gasteiger partial charge in [-0.05, 0) is 71.3 Å². The van der Waals surface area contributed by atoms with Crippen LogP contribution >= 0.6 is 0 Å². The number of fused-ring (bicyclic) bond motifs is 4. The van der Waals surface area contributed by atoms with Gasteiger partial charge in [-0.2, -0.15) is 0 Å². The highest BCUT2D eigenvalue weighted by molar-refractivity contribution is 6.09. The van der Waals surface area contributed by atoms with E-state index < -0.39 is 0 Å². The molecule has 0 aliphatic heterocycles. The monoisotopic (exact) mass is 742 g/mol. The van der Waals surface area contributed by atoms with Crippen LogP contribution in [-0.4, -0.2) is 19.5 Å². The Labute approximate surface area is 335 Å². The standard InChI is InChI=1S/C53H34N4O/c1-4-15-35(16-5-1)39-31-40(43-22-14-23-45-44-21-10-13-26-50(44)58-51(43)45)33-41(32-39)48-34-47(54-52(55-48)37-17-6-2-7-18-37)36-27-29-38(30-28-36)53-56-46-24-11-12-25-49(46)57(53)42-19-8-3-9-20-42/h1-34H. The largest absolute Gasteiger partial charge is 0.455 e. The average molecular weight is 743 g/mol. The lowest BCUT2D eigenvalue weighted by Gasteiger charge is -2.14. The third-order valence-electron chi connectivity index (χ3n) is 10.8. The Morgan fingerprint density at radius 3 is 1.78 bits per heavy atom. The Balaban J connectivity index is 1.07. The normalized spacial score (nSPS) is 11.4. The number of para-hydroxylation sites is 5. The maximum absolute atomic E-state index is 6.54. The molecule has 0 aliphatic rings. The number of rotatable bonds is 7. The Bertz CT molecular complexity index is 3260. The molecule has 5 heteroatoms. The van der Waals surface area contributed by atoms with Crippen molar-refractivity contribution in [1.29, 1.82) is 0 Å². The van der Waals surface area contributed by atoms with Gasteiger partial charge in [-0.15, -0.1) is 0 Å². The summed E-state index contributed by atoms with van der Waals surface area (Å²) in [5, 5.41) is 2.20. The van der Waals surface area contributed by atoms with Crippen molar-refractivity contribution in [2.24, 2.45) is 0 Å². The van der Waals surface area contributed by atoms with Gasteiger partial charge in [0.25, 0.3) is 0 Å². The minimum absolute atomic E-state index is 0.661. The van der Waals surface area contributed by atoms with E-state index in [9.17, 15) is 0 Å². The molecule has 0 bridgehead atoms. The second-order valence-corrected chi connectivity index (χ2v) is 14.4. The van der Waals surface area contributed by atoms with Gasteiger partial charge in [0.1, 0.15) is 17.0 Å². The minimum atomic E-state index is 0.661. The molecule has 0 aliphatic carbocycles. The van der Waals surface area contributed by atoms with Crippen LogP contribution < -0.4 is 0 Å². The van der Waals surface area contributed by atoms with Crippen molar-refractivity contribution in [2.45, 2.75) is 0 Å². The third kappa shape index (κ3) is 5.94. The molecular weight excluding hydrogens is 709 g/mol. The molecule has 3 heterocycles. The Morgan fingerprint density at radius 1 is 0.379 bits per heavy atom. The SMILES string of the molecule is c1ccc(-c2cc(-c3cc(-c4ccc(-c5nc6ccccc6n5-c5ccccc5)cc4)nc(-c4ccccc4)n3)cc(-c3cccc4c3oc3ccccc34)c2)cc1. The second kappa shape index (κ2) is 14.0. The Hall–Kier alpha value is -7.89. The molecule has 0 atom stereocenters. The maximum atomic E-state index is 6.54. The van der Waals surface area contributed by atoms with Crippen LogP contribution in [0, 0.1) is 0 Å². The fraction of sp³-hybridized carbons (Fsp3) is 0. The van der Waals surface area contributed by atoms with E-state index in [0.29, 0.717) is 5.82 Å². The first kappa shape index (κ1) is 33.4. The number of hydrogen-bond acceptors (Lipinski definition) is 4. The Kier molecular flexibility index (Phi) is 8.07. The van der Waals surface area contributed by atoms with Gasteiger partial charge in [0.15, 0.2) is 5.82 Å². The van der Waals surface area contributed by atoms with Crippen molar-refractivity contribution in [3.8, 4) is 73.2 Å². The highest BCUT2D eigenvalue weighted by Gasteiger charge is 2.18. The van der Waals surface area contributed by atoms with Gasteiger partial charge in [-0.1, -0.05) is 152 Å². The predicted octanol–water partition coefficient (Wildman–Crippen LogP) is 13.7. The van der Waals surface area contributed by atoms with Crippen LogP contribution in [0.1, 0.15) is 0 Å². The van der Waals surface area contributed by atoms with Gasteiger partial charge in [0.05, 0.1) is 22.4 Å². The molecule has 3 aromatic heterocycles. The fourth-order valence-electron chi connectivity index (χ4n) is 8.01. The molecule has 0 fully saturated rings. The topological polar surface area (TPSA) is 56.7 Å². The summed E-state index contributed by atoms with van der Waals surface area (Å²) in [5.74, 6) is 1.55. The number of furan rings is 1. The second-order valence-electron chi connectivity index (χ2n) is 14.4. The van der Waals surface area contributed by atoms with Crippen LogP contribution in [0.4, 0.5) is 0 Å². The molecule has 11 aromatic rings. The molecule has 0 N–H and O–H groups in total. The highest BCUT2D eigenvalue weighted by atomic mass is 16.3. The van der Waals surface area contributed by atoms with Gasteiger partial charge in [-0.25, -0.2) is 15.0 Å². The van der Waals surface area contributed by atoms with Crippen LogP contribution in [-0.2, 0) is 0 Å². The van der Waals surface area contributed by atoms with Gasteiger partial charge in [-0.3, -0.25) is 4.57 Å². The molecule has 8 aromatic carbocycles. The van der Waals surface area contributed by atoms with Crippen molar-refractivity contribution in [3.63, 3.8) is 0 Å². The summed E-state index contributed by atoms with van der Waals surface area (Å²) in [6.07, 6.45) is 0. The molecule has 5 nitrogen and oxygen atoms in total. The van der Waals surface area contributed by atoms with Crippen LogP contribution in [0.5, 0.6) is 0 Å². The molecule has 272 valence electrons. The fourth-order valence-corrected chi connectivity index (χ4v) is 8.01. The van der Waals surface area contributed by atoms with Crippen molar-refractivity contribution < 1.29 is 4.42 Å². The van der Waals surface area contributed by atoms with E-state index in [4.69, 9.17) is 19.4 Å². The number of benzene rings is 8. The lowest BCUT2D eigenvalue weighted by atomic mass is 9.93. The van der Waals surface area contributed by atoms with Gasteiger partial charge < -0.3 is 4.42 Å². The minimum Gasteiger partial charge on any atom is -0.455 e. The summed E-state index contributed by atoms with van der Waals surface area (Å²) in [4.78, 5) is 15.5. The van der Waals surface area contributed by atoms with E-state index in [1.165, 1.54) is 0 Å². The van der Waals surface area contributed by atoms with Crippen molar-refractivity contribution >= 4 is 33.0 Å². The summed E-state index contributed by atoms with van der Waals surface area (Å²) in [5.41, 5.74) is 14.7. The van der Waals surface area contributed by atoms with Gasteiger partial charge in [0.2, 0.25) is 0 Å². The number of nitrogens with zero attached hydrogens (tertiary/aromatic N) is 4. The lowest BCUT2D eigenvalue weighted by molar-refractivity contribution is 0.670. The van der Waals surface area contributed by atoms with E-state index >= 15 is 0 Å². The molecular formula is C53H34N4O. The molecule has 0 radical (unpaired) electrons. The van der Waals surface area contributed by atoms with Crippen LogP contribution in [0.25, 0.3) is 106 Å². The Morgan fingerprint density at radius 2 is 0.983 bits per heavy atom. The van der Waals surface area contributed by atoms with E-state index in [0.717, 1.165) is 100 Å². The zero-order valence-electron chi connectivity index (χ0n) is 31.3. The zero-order valence-corrected chi connectivity index (χ0v) is 31.3. The summed E-state index contributed by atoms with van der Waals surface area (Å²) >= 11 is 0. The summed E-state index contributed by atoms with van der Waals surface area (Å²) in [7, 11) is 0. The first-order valence-electron chi connectivity index (χ1n) is 19.4.